The van der Waals surface area contributed by atoms with Crippen LogP contribution in [0.3, 0.4) is 0 Å². The molecule has 2 N–H and O–H groups in total. The van der Waals surface area contributed by atoms with Crippen LogP contribution in [-0.4, -0.2) is 17.5 Å². The van der Waals surface area contributed by atoms with Crippen LogP contribution in [0.2, 0.25) is 0 Å². The Kier molecular flexibility index (Phi) is 5.31. The Morgan fingerprint density at radius 2 is 1.55 bits per heavy atom. The summed E-state index contributed by atoms with van der Waals surface area (Å²) in [5, 5.41) is 0. The third kappa shape index (κ3) is 4.60. The van der Waals surface area contributed by atoms with E-state index in [-0.39, 0.29) is 43.9 Å². The van der Waals surface area contributed by atoms with Gasteiger partial charge in [0.25, 0.3) is 6.02 Å². The molecule has 1 aliphatic carbocycles. The summed E-state index contributed by atoms with van der Waals surface area (Å²) in [6.07, 6.45) is 3.54. The molecular weight excluding hydrogens is 408 g/mol. The van der Waals surface area contributed by atoms with Crippen LogP contribution >= 0.6 is 0 Å². The summed E-state index contributed by atoms with van der Waals surface area (Å²) < 4.78 is 61.1. The largest absolute Gasteiger partial charge is 0.459 e. The molecule has 1 fully saturated rings. The molecule has 164 valence electrons. The van der Waals surface area contributed by atoms with Crippen molar-refractivity contribution in [2.45, 2.75) is 56.1 Å². The van der Waals surface area contributed by atoms with Crippen LogP contribution in [0.15, 0.2) is 47.5 Å². The maximum atomic E-state index is 14.9. The lowest BCUT2D eigenvalue weighted by molar-refractivity contribution is -0.112. The Hall–Kier alpha value is -2.83. The molecule has 0 radical (unpaired) electrons. The van der Waals surface area contributed by atoms with Gasteiger partial charge in [0.2, 0.25) is 5.92 Å². The first-order valence-electron chi connectivity index (χ1n) is 10.2. The number of amidine groups is 1. The summed E-state index contributed by atoms with van der Waals surface area (Å²) in [4.78, 5) is 4.38. The highest BCUT2D eigenvalue weighted by molar-refractivity contribution is 5.74. The van der Waals surface area contributed by atoms with Crippen molar-refractivity contribution in [3.05, 3.63) is 70.8 Å². The standard InChI is InChI=1S/C24H24F4N2O/c1-22(15-23(31-21(29)30-22)10-12-24(27,28)13-11-23)19-14-17(6-9-20(19)26)3-2-16-4-7-18(25)8-5-16/h2-9,14H,10-13,15H2,1H3,(H2,29,30)/t22-/m0/s1. The van der Waals surface area contributed by atoms with Crippen molar-refractivity contribution >= 4 is 18.2 Å². The number of hydrogen-bond acceptors (Lipinski definition) is 3. The Balaban J connectivity index is 1.64. The van der Waals surface area contributed by atoms with E-state index in [9.17, 15) is 17.6 Å². The molecule has 31 heavy (non-hydrogen) atoms. The molecule has 7 heteroatoms. The van der Waals surface area contributed by atoms with Crippen molar-refractivity contribution < 1.29 is 22.3 Å². The van der Waals surface area contributed by atoms with Gasteiger partial charge in [0.05, 0.1) is 5.54 Å². The molecule has 3 nitrogen and oxygen atoms in total. The number of hydrogen-bond donors (Lipinski definition) is 1. The number of rotatable bonds is 3. The molecule has 1 saturated carbocycles. The fourth-order valence-electron chi connectivity index (χ4n) is 4.52. The van der Waals surface area contributed by atoms with Gasteiger partial charge in [-0.05, 0) is 55.2 Å². The van der Waals surface area contributed by atoms with E-state index in [0.717, 1.165) is 11.1 Å². The molecule has 2 aromatic carbocycles. The normalized spacial score (nSPS) is 24.7. The Bertz CT molecular complexity index is 1020. The topological polar surface area (TPSA) is 47.6 Å². The summed E-state index contributed by atoms with van der Waals surface area (Å²) in [7, 11) is 0. The highest BCUT2D eigenvalue weighted by Crippen LogP contribution is 2.49. The molecule has 0 amide bonds. The first kappa shape index (κ1) is 21.4. The van der Waals surface area contributed by atoms with Gasteiger partial charge in [-0.15, -0.1) is 0 Å². The second-order valence-corrected chi connectivity index (χ2v) is 8.67. The molecule has 2 aromatic rings. The molecular formula is C24H24F4N2O. The van der Waals surface area contributed by atoms with Crippen molar-refractivity contribution in [3.63, 3.8) is 0 Å². The van der Waals surface area contributed by atoms with E-state index in [1.54, 1.807) is 43.3 Å². The average Bonchev–Trinajstić information content (AvgIpc) is 2.70. The monoisotopic (exact) mass is 432 g/mol. The van der Waals surface area contributed by atoms with Crippen molar-refractivity contribution in [2.75, 3.05) is 0 Å². The van der Waals surface area contributed by atoms with Crippen molar-refractivity contribution in [1.82, 2.24) is 0 Å². The molecule has 0 unspecified atom stereocenters. The zero-order valence-electron chi connectivity index (χ0n) is 17.2. The number of aliphatic imine (C=N–C) groups is 1. The van der Waals surface area contributed by atoms with Gasteiger partial charge in [-0.2, -0.15) is 0 Å². The van der Waals surface area contributed by atoms with Crippen LogP contribution in [-0.2, 0) is 10.3 Å². The van der Waals surface area contributed by atoms with E-state index >= 15 is 0 Å². The van der Waals surface area contributed by atoms with Gasteiger partial charge in [0.1, 0.15) is 17.2 Å². The zero-order valence-corrected chi connectivity index (χ0v) is 17.2. The minimum Gasteiger partial charge on any atom is -0.459 e. The van der Waals surface area contributed by atoms with Crippen LogP contribution in [0, 0.1) is 11.6 Å². The molecule has 1 atom stereocenters. The quantitative estimate of drug-likeness (QED) is 0.475. The summed E-state index contributed by atoms with van der Waals surface area (Å²) in [5.74, 6) is -3.49. The van der Waals surface area contributed by atoms with Gasteiger partial charge in [0, 0.05) is 24.8 Å². The van der Waals surface area contributed by atoms with Crippen LogP contribution in [0.1, 0.15) is 55.7 Å². The third-order valence-electron chi connectivity index (χ3n) is 6.15. The summed E-state index contributed by atoms with van der Waals surface area (Å²) in [6.45, 7) is 1.75. The molecule has 1 aliphatic heterocycles. The summed E-state index contributed by atoms with van der Waals surface area (Å²) in [6, 6.07) is 10.6. The number of nitrogens with two attached hydrogens (primary N) is 1. The van der Waals surface area contributed by atoms with Gasteiger partial charge in [0.15, 0.2) is 0 Å². The lowest BCUT2D eigenvalue weighted by Crippen LogP contribution is -2.51. The van der Waals surface area contributed by atoms with E-state index in [0.29, 0.717) is 5.56 Å². The predicted octanol–water partition coefficient (Wildman–Crippen LogP) is 6.03. The SMILES string of the molecule is C[C@@]1(c2cc(C=Cc3ccc(F)cc3)ccc2F)CC2(CCC(F)(F)CC2)OC(N)=N1. The average molecular weight is 432 g/mol. The number of alkyl halides is 2. The highest BCUT2D eigenvalue weighted by Gasteiger charge is 2.51. The van der Waals surface area contributed by atoms with Crippen molar-refractivity contribution in [2.24, 2.45) is 10.7 Å². The zero-order chi connectivity index (χ0) is 22.3. The number of halogens is 4. The molecule has 1 heterocycles. The van der Waals surface area contributed by atoms with Crippen molar-refractivity contribution in [1.29, 1.82) is 0 Å². The first-order valence-corrected chi connectivity index (χ1v) is 10.2. The third-order valence-corrected chi connectivity index (χ3v) is 6.15. The lowest BCUT2D eigenvalue weighted by atomic mass is 9.72. The maximum absolute atomic E-state index is 14.9. The summed E-state index contributed by atoms with van der Waals surface area (Å²) in [5.41, 5.74) is 5.86. The maximum Gasteiger partial charge on any atom is 0.283 e. The van der Waals surface area contributed by atoms with Gasteiger partial charge in [-0.1, -0.05) is 30.4 Å². The molecule has 1 spiro atoms. The fraction of sp³-hybridized carbons (Fsp3) is 0.375. The van der Waals surface area contributed by atoms with Gasteiger partial charge >= 0.3 is 0 Å². The van der Waals surface area contributed by atoms with Gasteiger partial charge in [-0.3, -0.25) is 0 Å². The minimum atomic E-state index is -2.72. The second-order valence-electron chi connectivity index (χ2n) is 8.67. The van der Waals surface area contributed by atoms with E-state index in [1.165, 1.54) is 18.2 Å². The van der Waals surface area contributed by atoms with Crippen LogP contribution in [0.4, 0.5) is 17.6 Å². The Labute approximate surface area is 178 Å². The smallest absolute Gasteiger partial charge is 0.283 e. The Morgan fingerprint density at radius 3 is 2.23 bits per heavy atom. The molecule has 0 bridgehead atoms. The molecule has 0 saturated heterocycles. The van der Waals surface area contributed by atoms with E-state index in [4.69, 9.17) is 10.5 Å². The minimum absolute atomic E-state index is 0.106. The van der Waals surface area contributed by atoms with E-state index in [2.05, 4.69) is 4.99 Å². The van der Waals surface area contributed by atoms with Gasteiger partial charge < -0.3 is 10.5 Å². The first-order chi connectivity index (χ1) is 14.6. The number of benzene rings is 2. The highest BCUT2D eigenvalue weighted by atomic mass is 19.3. The van der Waals surface area contributed by atoms with Crippen molar-refractivity contribution in [3.8, 4) is 0 Å². The predicted molar refractivity (Wildman–Crippen MR) is 113 cm³/mol. The fourth-order valence-corrected chi connectivity index (χ4v) is 4.52. The number of nitrogens with zero attached hydrogens (tertiary/aromatic N) is 1. The van der Waals surface area contributed by atoms with Crippen LogP contribution in [0.25, 0.3) is 12.2 Å². The molecule has 0 aromatic heterocycles. The Morgan fingerprint density at radius 1 is 0.935 bits per heavy atom. The van der Waals surface area contributed by atoms with Crippen LogP contribution < -0.4 is 5.73 Å². The molecule has 4 rings (SSSR count). The van der Waals surface area contributed by atoms with Crippen LogP contribution in [0.5, 0.6) is 0 Å². The van der Waals surface area contributed by atoms with E-state index in [1.807, 2.05) is 0 Å². The van der Waals surface area contributed by atoms with Gasteiger partial charge in [-0.25, -0.2) is 22.6 Å². The molecule has 2 aliphatic rings. The number of ether oxygens (including phenoxy) is 1. The second kappa shape index (κ2) is 7.70. The summed E-state index contributed by atoms with van der Waals surface area (Å²) >= 11 is 0. The van der Waals surface area contributed by atoms with E-state index < -0.39 is 22.9 Å². The lowest BCUT2D eigenvalue weighted by Gasteiger charge is -2.47.